The van der Waals surface area contributed by atoms with Crippen molar-refractivity contribution in [2.24, 2.45) is 4.99 Å². The van der Waals surface area contributed by atoms with Crippen molar-refractivity contribution in [3.05, 3.63) is 70.9 Å². The van der Waals surface area contributed by atoms with Crippen molar-refractivity contribution in [3.63, 3.8) is 0 Å². The van der Waals surface area contributed by atoms with Gasteiger partial charge in [0.15, 0.2) is 5.82 Å². The molecule has 2 heterocycles. The van der Waals surface area contributed by atoms with Crippen LogP contribution in [0.25, 0.3) is 11.1 Å². The fourth-order valence-electron chi connectivity index (χ4n) is 2.96. The van der Waals surface area contributed by atoms with Crippen LogP contribution in [0.2, 0.25) is 0 Å². The van der Waals surface area contributed by atoms with Crippen LogP contribution in [0.15, 0.2) is 53.5 Å². The Morgan fingerprint density at radius 2 is 1.60 bits per heavy atom. The van der Waals surface area contributed by atoms with Gasteiger partial charge in [0.2, 0.25) is 0 Å². The highest BCUT2D eigenvalue weighted by molar-refractivity contribution is 6.48. The van der Waals surface area contributed by atoms with Gasteiger partial charge in [-0.1, -0.05) is 42.0 Å². The van der Waals surface area contributed by atoms with Crippen molar-refractivity contribution in [2.75, 3.05) is 0 Å². The maximum absolute atomic E-state index is 12.7. The first-order chi connectivity index (χ1) is 12.1. The fourth-order valence-corrected chi connectivity index (χ4v) is 2.96. The number of hydrogen-bond donors (Lipinski definition) is 0. The summed E-state index contributed by atoms with van der Waals surface area (Å²) in [5, 5.41) is 13.3. The molecular weight excluding hydrogens is 312 g/mol. The minimum Gasteiger partial charge on any atom is -0.265 e. The van der Waals surface area contributed by atoms with Gasteiger partial charge in [-0.3, -0.25) is 4.79 Å². The monoisotopic (exact) mass is 326 g/mol. The van der Waals surface area contributed by atoms with Crippen LogP contribution in [-0.2, 0) is 0 Å². The molecule has 0 unspecified atom stereocenters. The van der Waals surface area contributed by atoms with Crippen LogP contribution in [0, 0.1) is 25.2 Å². The minimum atomic E-state index is -0.249. The number of fused-ring (bicyclic) bond motifs is 1. The number of aliphatic imine (C=N–C) groups is 1. The molecule has 0 atom stereocenters. The van der Waals surface area contributed by atoms with E-state index in [1.165, 1.54) is 10.2 Å². The molecule has 0 amide bonds. The Bertz CT molecular complexity index is 1060. The second-order valence-corrected chi connectivity index (χ2v) is 6.02. The van der Waals surface area contributed by atoms with Gasteiger partial charge in [0.1, 0.15) is 5.71 Å². The SMILES string of the molecule is Cc1ccc(-c2c(C)nn3c2N=C(c2ccc(C#N)cc2)C3=O)cc1. The van der Waals surface area contributed by atoms with Gasteiger partial charge in [0.05, 0.1) is 17.3 Å². The molecule has 3 aromatic rings. The molecule has 0 fully saturated rings. The van der Waals surface area contributed by atoms with Crippen LogP contribution in [0.4, 0.5) is 5.82 Å². The number of benzene rings is 2. The average Bonchev–Trinajstić information content (AvgIpc) is 3.11. The largest absolute Gasteiger partial charge is 0.299 e. The minimum absolute atomic E-state index is 0.249. The quantitative estimate of drug-likeness (QED) is 0.719. The zero-order valence-corrected chi connectivity index (χ0v) is 13.8. The van der Waals surface area contributed by atoms with Crippen LogP contribution in [0.3, 0.4) is 0 Å². The van der Waals surface area contributed by atoms with Crippen LogP contribution in [0.1, 0.15) is 27.2 Å². The van der Waals surface area contributed by atoms with E-state index >= 15 is 0 Å². The molecule has 0 bridgehead atoms. The molecule has 0 N–H and O–H groups in total. The van der Waals surface area contributed by atoms with Crippen LogP contribution >= 0.6 is 0 Å². The fraction of sp³-hybridized carbons (Fsp3) is 0.100. The normalized spacial score (nSPS) is 12.7. The molecule has 1 aliphatic heterocycles. The Labute approximate surface area is 144 Å². The highest BCUT2D eigenvalue weighted by atomic mass is 16.2. The predicted octanol–water partition coefficient (Wildman–Crippen LogP) is 3.81. The van der Waals surface area contributed by atoms with Gasteiger partial charge in [0.25, 0.3) is 5.91 Å². The Hall–Kier alpha value is -3.52. The third kappa shape index (κ3) is 2.36. The lowest BCUT2D eigenvalue weighted by molar-refractivity contribution is 0.0984. The number of aromatic nitrogens is 2. The molecule has 0 saturated carbocycles. The number of carbonyl (C=O) groups excluding carboxylic acids is 1. The number of hydrogen-bond acceptors (Lipinski definition) is 4. The second kappa shape index (κ2) is 5.53. The van der Waals surface area contributed by atoms with E-state index in [1.54, 1.807) is 24.3 Å². The highest BCUT2D eigenvalue weighted by Gasteiger charge is 2.30. The highest BCUT2D eigenvalue weighted by Crippen LogP contribution is 2.37. The number of nitrogens with zero attached hydrogens (tertiary/aromatic N) is 4. The molecule has 5 heteroatoms. The lowest BCUT2D eigenvalue weighted by Gasteiger charge is -2.02. The smallest absolute Gasteiger partial charge is 0.265 e. The van der Waals surface area contributed by atoms with Gasteiger partial charge in [-0.25, -0.2) is 4.99 Å². The number of nitriles is 1. The zero-order valence-electron chi connectivity index (χ0n) is 13.8. The van der Waals surface area contributed by atoms with Crippen molar-refractivity contribution in [2.45, 2.75) is 13.8 Å². The van der Waals surface area contributed by atoms with Crippen molar-refractivity contribution >= 4 is 17.4 Å². The molecule has 5 nitrogen and oxygen atoms in total. The van der Waals surface area contributed by atoms with Crippen LogP contribution < -0.4 is 0 Å². The summed E-state index contributed by atoms with van der Waals surface area (Å²) < 4.78 is 1.36. The average molecular weight is 326 g/mol. The van der Waals surface area contributed by atoms with E-state index in [-0.39, 0.29) is 5.91 Å². The van der Waals surface area contributed by atoms with E-state index in [0.717, 1.165) is 16.8 Å². The molecule has 0 radical (unpaired) electrons. The Balaban J connectivity index is 1.83. The van der Waals surface area contributed by atoms with E-state index in [4.69, 9.17) is 5.26 Å². The summed E-state index contributed by atoms with van der Waals surface area (Å²) in [5.41, 5.74) is 5.38. The Morgan fingerprint density at radius 1 is 0.960 bits per heavy atom. The molecular formula is C20H14N4O. The summed E-state index contributed by atoms with van der Waals surface area (Å²) in [6.45, 7) is 3.91. The molecule has 0 spiro atoms. The van der Waals surface area contributed by atoms with E-state index in [2.05, 4.69) is 16.2 Å². The predicted molar refractivity (Wildman–Crippen MR) is 95.1 cm³/mol. The van der Waals surface area contributed by atoms with Gasteiger partial charge >= 0.3 is 0 Å². The van der Waals surface area contributed by atoms with Gasteiger partial charge in [-0.05, 0) is 31.5 Å². The summed E-state index contributed by atoms with van der Waals surface area (Å²) in [7, 11) is 0. The van der Waals surface area contributed by atoms with Gasteiger partial charge in [0, 0.05) is 11.1 Å². The molecule has 1 aromatic heterocycles. The first-order valence-corrected chi connectivity index (χ1v) is 7.89. The summed E-state index contributed by atoms with van der Waals surface area (Å²) >= 11 is 0. The van der Waals surface area contributed by atoms with Crippen molar-refractivity contribution < 1.29 is 4.79 Å². The van der Waals surface area contributed by atoms with Crippen LogP contribution in [0.5, 0.6) is 0 Å². The lowest BCUT2D eigenvalue weighted by Crippen LogP contribution is -2.18. The van der Waals surface area contributed by atoms with Crippen molar-refractivity contribution in [1.82, 2.24) is 9.78 Å². The lowest BCUT2D eigenvalue weighted by atomic mass is 10.0. The standard InChI is InChI=1S/C20H14N4O/c1-12-3-7-15(8-4-12)17-13(2)23-24-19(17)22-18(20(24)25)16-9-5-14(11-21)6-10-16/h3-10H,1-2H3. The van der Waals surface area contributed by atoms with Crippen LogP contribution in [-0.4, -0.2) is 21.4 Å². The second-order valence-electron chi connectivity index (χ2n) is 6.02. The molecule has 4 rings (SSSR count). The summed E-state index contributed by atoms with van der Waals surface area (Å²) in [6.07, 6.45) is 0. The topological polar surface area (TPSA) is 71.0 Å². The number of aryl methyl sites for hydroxylation is 2. The molecule has 1 aliphatic rings. The summed E-state index contributed by atoms with van der Waals surface area (Å²) in [4.78, 5) is 17.3. The van der Waals surface area contributed by atoms with Crippen molar-refractivity contribution in [1.29, 1.82) is 5.26 Å². The van der Waals surface area contributed by atoms with E-state index in [0.29, 0.717) is 22.7 Å². The Kier molecular flexibility index (Phi) is 3.33. The molecule has 120 valence electrons. The molecule has 0 saturated heterocycles. The first kappa shape index (κ1) is 15.0. The van der Waals surface area contributed by atoms with Gasteiger partial charge in [-0.2, -0.15) is 15.0 Å². The van der Waals surface area contributed by atoms with E-state index in [9.17, 15) is 4.79 Å². The summed E-state index contributed by atoms with van der Waals surface area (Å²) in [5.74, 6) is 0.312. The van der Waals surface area contributed by atoms with Gasteiger partial charge < -0.3 is 0 Å². The molecule has 25 heavy (non-hydrogen) atoms. The molecule has 2 aromatic carbocycles. The maximum Gasteiger partial charge on any atom is 0.299 e. The van der Waals surface area contributed by atoms with E-state index < -0.39 is 0 Å². The number of carbonyl (C=O) groups is 1. The van der Waals surface area contributed by atoms with E-state index in [1.807, 2.05) is 38.1 Å². The van der Waals surface area contributed by atoms with Gasteiger partial charge in [-0.15, -0.1) is 0 Å². The third-order valence-corrected chi connectivity index (χ3v) is 4.28. The maximum atomic E-state index is 12.7. The van der Waals surface area contributed by atoms with Crippen molar-refractivity contribution in [3.8, 4) is 17.2 Å². The third-order valence-electron chi connectivity index (χ3n) is 4.28. The molecule has 0 aliphatic carbocycles. The Morgan fingerprint density at radius 3 is 2.24 bits per heavy atom. The summed E-state index contributed by atoms with van der Waals surface area (Å²) in [6, 6.07) is 17.0. The number of rotatable bonds is 2. The zero-order chi connectivity index (χ0) is 17.6. The first-order valence-electron chi connectivity index (χ1n) is 7.89.